The second-order valence-electron chi connectivity index (χ2n) is 3.26. The van der Waals surface area contributed by atoms with E-state index in [0.29, 0.717) is 22.5 Å². The summed E-state index contributed by atoms with van der Waals surface area (Å²) in [7, 11) is 0. The number of furan rings is 1. The lowest BCUT2D eigenvalue weighted by atomic mass is 10.4. The Kier molecular flexibility index (Phi) is 3.05. The number of rotatable bonds is 4. The van der Waals surface area contributed by atoms with Crippen LogP contribution >= 0.6 is 11.8 Å². The highest BCUT2D eigenvalue weighted by Crippen LogP contribution is 2.21. The van der Waals surface area contributed by atoms with Crippen LogP contribution in [0, 0.1) is 6.92 Å². The largest absolute Gasteiger partial charge is 0.475 e. The molecule has 0 spiro atoms. The average Bonchev–Trinajstić information content (AvgIpc) is 2.86. The van der Waals surface area contributed by atoms with Gasteiger partial charge < -0.3 is 15.4 Å². The maximum atomic E-state index is 10.6. The van der Waals surface area contributed by atoms with Crippen molar-refractivity contribution in [3.8, 4) is 0 Å². The van der Waals surface area contributed by atoms with Crippen molar-refractivity contribution in [2.75, 3.05) is 5.84 Å². The molecule has 0 bridgehead atoms. The maximum Gasteiger partial charge on any atom is 0.371 e. The first-order chi connectivity index (χ1) is 8.08. The highest BCUT2D eigenvalue weighted by atomic mass is 32.2. The summed E-state index contributed by atoms with van der Waals surface area (Å²) in [6.45, 7) is 1.74. The number of hydrogen-bond acceptors (Lipinski definition) is 6. The number of aromatic carboxylic acids is 1. The first kappa shape index (κ1) is 11.5. The van der Waals surface area contributed by atoms with Crippen LogP contribution in [0.3, 0.4) is 0 Å². The summed E-state index contributed by atoms with van der Waals surface area (Å²) in [6.07, 6.45) is 0. The van der Waals surface area contributed by atoms with Crippen molar-refractivity contribution < 1.29 is 14.3 Å². The van der Waals surface area contributed by atoms with Crippen LogP contribution in [-0.2, 0) is 5.75 Å². The lowest BCUT2D eigenvalue weighted by Gasteiger charge is -1.99. The van der Waals surface area contributed by atoms with Crippen molar-refractivity contribution in [3.05, 3.63) is 29.5 Å². The van der Waals surface area contributed by atoms with Gasteiger partial charge in [0.25, 0.3) is 0 Å². The number of nitrogen functional groups attached to an aromatic ring is 1. The number of thioether (sulfide) groups is 1. The van der Waals surface area contributed by atoms with Crippen LogP contribution in [0.2, 0.25) is 0 Å². The van der Waals surface area contributed by atoms with Crippen molar-refractivity contribution in [2.45, 2.75) is 17.8 Å². The fourth-order valence-corrected chi connectivity index (χ4v) is 1.95. The normalized spacial score (nSPS) is 10.6. The van der Waals surface area contributed by atoms with Gasteiger partial charge >= 0.3 is 5.97 Å². The molecule has 0 fully saturated rings. The van der Waals surface area contributed by atoms with Gasteiger partial charge in [0.2, 0.25) is 10.9 Å². The van der Waals surface area contributed by atoms with Crippen LogP contribution in [0.15, 0.2) is 21.7 Å². The Morgan fingerprint density at radius 2 is 2.35 bits per heavy atom. The first-order valence-electron chi connectivity index (χ1n) is 4.70. The molecule has 0 saturated carbocycles. The maximum absolute atomic E-state index is 10.6. The Morgan fingerprint density at radius 1 is 1.59 bits per heavy atom. The molecule has 2 heterocycles. The van der Waals surface area contributed by atoms with E-state index in [4.69, 9.17) is 15.4 Å². The molecule has 0 radical (unpaired) electrons. The molecular formula is C9H10N4O3S. The number of carboxylic acids is 1. The Balaban J connectivity index is 2.02. The van der Waals surface area contributed by atoms with Gasteiger partial charge in [-0.1, -0.05) is 11.8 Å². The fraction of sp³-hybridized carbons (Fsp3) is 0.222. The molecule has 0 saturated heterocycles. The van der Waals surface area contributed by atoms with E-state index in [1.807, 2.05) is 0 Å². The predicted molar refractivity (Wildman–Crippen MR) is 60.1 cm³/mol. The Hall–Kier alpha value is -1.96. The van der Waals surface area contributed by atoms with Gasteiger partial charge in [-0.3, -0.25) is 0 Å². The summed E-state index contributed by atoms with van der Waals surface area (Å²) in [5.41, 5.74) is 0. The van der Waals surface area contributed by atoms with Crippen LogP contribution in [0.25, 0.3) is 0 Å². The molecule has 8 heteroatoms. The number of carboxylic acid groups (broad SMARTS) is 1. The minimum absolute atomic E-state index is 0.0778. The van der Waals surface area contributed by atoms with E-state index in [0.717, 1.165) is 0 Å². The van der Waals surface area contributed by atoms with E-state index >= 15 is 0 Å². The quantitative estimate of drug-likeness (QED) is 0.616. The molecule has 0 aliphatic heterocycles. The van der Waals surface area contributed by atoms with E-state index in [-0.39, 0.29) is 5.76 Å². The van der Waals surface area contributed by atoms with Crippen molar-refractivity contribution in [1.29, 1.82) is 0 Å². The third kappa shape index (κ3) is 2.41. The molecular weight excluding hydrogens is 244 g/mol. The van der Waals surface area contributed by atoms with E-state index in [2.05, 4.69) is 10.2 Å². The van der Waals surface area contributed by atoms with Gasteiger partial charge in [0.05, 0.1) is 5.75 Å². The molecule has 0 aromatic carbocycles. The van der Waals surface area contributed by atoms with Crippen LogP contribution in [0.5, 0.6) is 0 Å². The number of aryl methyl sites for hydroxylation is 1. The van der Waals surface area contributed by atoms with E-state index in [1.165, 1.54) is 22.5 Å². The second kappa shape index (κ2) is 4.50. The second-order valence-corrected chi connectivity index (χ2v) is 4.20. The topological polar surface area (TPSA) is 107 Å². The molecule has 2 rings (SSSR count). The molecule has 0 unspecified atom stereocenters. The SMILES string of the molecule is Cc1nnc(SCc2ccc(C(=O)O)o2)n1N. The zero-order valence-electron chi connectivity index (χ0n) is 8.95. The highest BCUT2D eigenvalue weighted by molar-refractivity contribution is 7.98. The van der Waals surface area contributed by atoms with E-state index < -0.39 is 5.97 Å². The molecule has 17 heavy (non-hydrogen) atoms. The summed E-state index contributed by atoms with van der Waals surface area (Å²) in [5, 5.41) is 16.9. The van der Waals surface area contributed by atoms with Gasteiger partial charge in [-0.25, -0.2) is 9.47 Å². The van der Waals surface area contributed by atoms with Crippen molar-refractivity contribution >= 4 is 17.7 Å². The minimum Gasteiger partial charge on any atom is -0.475 e. The number of nitrogens with zero attached hydrogens (tertiary/aromatic N) is 3. The smallest absolute Gasteiger partial charge is 0.371 e. The molecule has 0 amide bonds. The van der Waals surface area contributed by atoms with Crippen molar-refractivity contribution in [2.24, 2.45) is 0 Å². The van der Waals surface area contributed by atoms with Crippen molar-refractivity contribution in [3.63, 3.8) is 0 Å². The molecule has 2 aromatic rings. The summed E-state index contributed by atoms with van der Waals surface area (Å²) >= 11 is 1.32. The monoisotopic (exact) mass is 254 g/mol. The third-order valence-electron chi connectivity index (χ3n) is 2.05. The van der Waals surface area contributed by atoms with Gasteiger partial charge in [0, 0.05) is 0 Å². The third-order valence-corrected chi connectivity index (χ3v) is 3.02. The molecule has 7 nitrogen and oxygen atoms in total. The van der Waals surface area contributed by atoms with Gasteiger partial charge in [0.1, 0.15) is 11.6 Å². The lowest BCUT2D eigenvalue weighted by molar-refractivity contribution is 0.0661. The summed E-state index contributed by atoms with van der Waals surface area (Å²) in [6, 6.07) is 3.02. The zero-order chi connectivity index (χ0) is 12.4. The fourth-order valence-electron chi connectivity index (χ4n) is 1.15. The molecule has 90 valence electrons. The standard InChI is InChI=1S/C9H10N4O3S/c1-5-11-12-9(13(5)10)17-4-6-2-3-7(16-6)8(14)15/h2-3H,4,10H2,1H3,(H,14,15). The summed E-state index contributed by atoms with van der Waals surface area (Å²) in [5.74, 6) is 6.11. The number of carbonyl (C=O) groups is 1. The molecule has 0 atom stereocenters. The molecule has 0 aliphatic rings. The summed E-state index contributed by atoms with van der Waals surface area (Å²) in [4.78, 5) is 10.6. The Labute approximate surface area is 101 Å². The van der Waals surface area contributed by atoms with Gasteiger partial charge in [-0.05, 0) is 19.1 Å². The van der Waals surface area contributed by atoms with Crippen LogP contribution < -0.4 is 5.84 Å². The molecule has 3 N–H and O–H groups in total. The van der Waals surface area contributed by atoms with Gasteiger partial charge in [-0.2, -0.15) is 0 Å². The predicted octanol–water partition coefficient (Wildman–Crippen LogP) is 0.884. The van der Waals surface area contributed by atoms with Gasteiger partial charge in [0.15, 0.2) is 0 Å². The minimum atomic E-state index is -1.08. The number of nitrogens with two attached hydrogens (primary N) is 1. The summed E-state index contributed by atoms with van der Waals surface area (Å²) < 4.78 is 6.46. The molecule has 0 aliphatic carbocycles. The first-order valence-corrected chi connectivity index (χ1v) is 5.68. The van der Waals surface area contributed by atoms with E-state index in [1.54, 1.807) is 13.0 Å². The van der Waals surface area contributed by atoms with Crippen LogP contribution in [0.1, 0.15) is 22.1 Å². The van der Waals surface area contributed by atoms with Crippen LogP contribution in [-0.4, -0.2) is 25.9 Å². The highest BCUT2D eigenvalue weighted by Gasteiger charge is 2.11. The van der Waals surface area contributed by atoms with E-state index in [9.17, 15) is 4.79 Å². The Morgan fingerprint density at radius 3 is 2.88 bits per heavy atom. The lowest BCUT2D eigenvalue weighted by Crippen LogP contribution is -2.11. The average molecular weight is 254 g/mol. The molecule has 2 aromatic heterocycles. The van der Waals surface area contributed by atoms with Gasteiger partial charge in [-0.15, -0.1) is 10.2 Å². The zero-order valence-corrected chi connectivity index (χ0v) is 9.77. The van der Waals surface area contributed by atoms with Crippen molar-refractivity contribution in [1.82, 2.24) is 14.9 Å². The number of aromatic nitrogens is 3. The van der Waals surface area contributed by atoms with Crippen LogP contribution in [0.4, 0.5) is 0 Å². The number of hydrogen-bond donors (Lipinski definition) is 2. The Bertz CT molecular complexity index is 548.